The van der Waals surface area contributed by atoms with Crippen LogP contribution in [-0.2, 0) is 6.42 Å². The molecule has 0 fully saturated rings. The molecule has 3 rings (SSSR count). The van der Waals surface area contributed by atoms with E-state index < -0.39 is 0 Å². The molecule has 1 atom stereocenters. The van der Waals surface area contributed by atoms with Crippen molar-refractivity contribution >= 4 is 22.2 Å². The van der Waals surface area contributed by atoms with Gasteiger partial charge < -0.3 is 10.3 Å². The Bertz CT molecular complexity index is 655. The summed E-state index contributed by atoms with van der Waals surface area (Å²) in [6.45, 7) is 3.25. The first-order valence-corrected chi connectivity index (χ1v) is 8.08. The second-order valence-electron chi connectivity index (χ2n) is 5.04. The molecule has 0 saturated heterocycles. The number of aromatic amines is 1. The third-order valence-electron chi connectivity index (χ3n) is 3.75. The predicted molar refractivity (Wildman–Crippen MR) is 87.4 cm³/mol. The number of nitrogens with one attached hydrogen (secondary N) is 2. The number of fused-ring (bicyclic) bond motifs is 1. The molecule has 0 aliphatic heterocycles. The van der Waals surface area contributed by atoms with Crippen LogP contribution in [0, 0.1) is 0 Å². The summed E-state index contributed by atoms with van der Waals surface area (Å²) < 4.78 is 0. The minimum absolute atomic E-state index is 0.486. The summed E-state index contributed by atoms with van der Waals surface area (Å²) in [7, 11) is 0. The molecular formula is C17H20N2S. The van der Waals surface area contributed by atoms with Crippen molar-refractivity contribution in [2.75, 3.05) is 6.54 Å². The first-order valence-electron chi connectivity index (χ1n) is 7.20. The fraction of sp³-hybridized carbons (Fsp3) is 0.294. The van der Waals surface area contributed by atoms with Crippen LogP contribution in [0.4, 0.5) is 0 Å². The van der Waals surface area contributed by atoms with Gasteiger partial charge in [0.05, 0.1) is 0 Å². The van der Waals surface area contributed by atoms with Gasteiger partial charge >= 0.3 is 0 Å². The normalized spacial score (nSPS) is 12.8. The van der Waals surface area contributed by atoms with E-state index in [1.54, 1.807) is 0 Å². The van der Waals surface area contributed by atoms with Crippen LogP contribution >= 0.6 is 11.3 Å². The van der Waals surface area contributed by atoms with Crippen molar-refractivity contribution in [3.63, 3.8) is 0 Å². The Hall–Kier alpha value is -1.58. The summed E-state index contributed by atoms with van der Waals surface area (Å²) in [5, 5.41) is 7.17. The molecule has 2 aromatic heterocycles. The van der Waals surface area contributed by atoms with Gasteiger partial charge in [-0.1, -0.05) is 31.2 Å². The number of benzene rings is 1. The molecule has 2 nitrogen and oxygen atoms in total. The second kappa shape index (κ2) is 6.25. The van der Waals surface area contributed by atoms with Crippen molar-refractivity contribution in [3.05, 3.63) is 58.4 Å². The lowest BCUT2D eigenvalue weighted by Crippen LogP contribution is -2.22. The molecule has 3 aromatic rings. The van der Waals surface area contributed by atoms with Crippen molar-refractivity contribution in [1.29, 1.82) is 0 Å². The van der Waals surface area contributed by atoms with Crippen LogP contribution in [0.3, 0.4) is 0 Å². The fourth-order valence-corrected chi connectivity index (χ4v) is 3.54. The maximum atomic E-state index is 3.67. The highest BCUT2D eigenvalue weighted by atomic mass is 32.1. The summed E-state index contributed by atoms with van der Waals surface area (Å²) >= 11 is 1.84. The summed E-state index contributed by atoms with van der Waals surface area (Å²) in [5.74, 6) is 0. The molecular weight excluding hydrogens is 264 g/mol. The summed E-state index contributed by atoms with van der Waals surface area (Å²) in [6.07, 6.45) is 4.33. The van der Waals surface area contributed by atoms with E-state index in [9.17, 15) is 0 Å². The Kier molecular flexibility index (Phi) is 4.19. The van der Waals surface area contributed by atoms with Gasteiger partial charge in [-0.2, -0.15) is 0 Å². The van der Waals surface area contributed by atoms with Crippen LogP contribution in [0.25, 0.3) is 10.9 Å². The second-order valence-corrected chi connectivity index (χ2v) is 6.02. The average molecular weight is 284 g/mol. The van der Waals surface area contributed by atoms with Gasteiger partial charge in [-0.15, -0.1) is 11.3 Å². The SMILES string of the molecule is CCC(NCCc1c[nH]c2ccccc12)c1cccs1. The van der Waals surface area contributed by atoms with Crippen molar-refractivity contribution in [1.82, 2.24) is 10.3 Å². The molecule has 0 bridgehead atoms. The maximum absolute atomic E-state index is 3.67. The molecule has 0 saturated carbocycles. The largest absolute Gasteiger partial charge is 0.361 e. The van der Waals surface area contributed by atoms with E-state index in [0.29, 0.717) is 6.04 Å². The van der Waals surface area contributed by atoms with Gasteiger partial charge in [0, 0.05) is 28.0 Å². The number of hydrogen-bond acceptors (Lipinski definition) is 2. The number of H-pyrrole nitrogens is 1. The van der Waals surface area contributed by atoms with E-state index in [-0.39, 0.29) is 0 Å². The van der Waals surface area contributed by atoms with E-state index in [2.05, 4.69) is 65.2 Å². The van der Waals surface area contributed by atoms with Gasteiger partial charge in [0.25, 0.3) is 0 Å². The van der Waals surface area contributed by atoms with Gasteiger partial charge in [-0.05, 0) is 42.5 Å². The fourth-order valence-electron chi connectivity index (χ4n) is 2.66. The highest BCUT2D eigenvalue weighted by molar-refractivity contribution is 7.10. The molecule has 104 valence electrons. The van der Waals surface area contributed by atoms with Gasteiger partial charge in [0.2, 0.25) is 0 Å². The molecule has 0 radical (unpaired) electrons. The molecule has 2 heterocycles. The Morgan fingerprint density at radius 1 is 1.20 bits per heavy atom. The molecule has 0 amide bonds. The number of para-hydroxylation sites is 1. The smallest absolute Gasteiger partial charge is 0.0456 e. The Labute approximate surface area is 123 Å². The van der Waals surface area contributed by atoms with E-state index >= 15 is 0 Å². The number of rotatable bonds is 6. The van der Waals surface area contributed by atoms with E-state index in [4.69, 9.17) is 0 Å². The lowest BCUT2D eigenvalue weighted by molar-refractivity contribution is 0.530. The monoisotopic (exact) mass is 284 g/mol. The summed E-state index contributed by atoms with van der Waals surface area (Å²) in [4.78, 5) is 4.78. The lowest BCUT2D eigenvalue weighted by Gasteiger charge is -2.15. The first-order chi connectivity index (χ1) is 9.88. The topological polar surface area (TPSA) is 27.8 Å². The number of hydrogen-bond donors (Lipinski definition) is 2. The van der Waals surface area contributed by atoms with Crippen LogP contribution in [0.2, 0.25) is 0 Å². The van der Waals surface area contributed by atoms with Crippen LogP contribution < -0.4 is 5.32 Å². The molecule has 20 heavy (non-hydrogen) atoms. The van der Waals surface area contributed by atoms with E-state index in [1.165, 1.54) is 21.3 Å². The van der Waals surface area contributed by atoms with Crippen molar-refractivity contribution in [2.24, 2.45) is 0 Å². The standard InChI is InChI=1S/C17H20N2S/c1-2-15(17-8-5-11-20-17)18-10-9-13-12-19-16-7-4-3-6-14(13)16/h3-8,11-12,15,18-19H,2,9-10H2,1H3. The zero-order valence-corrected chi connectivity index (χ0v) is 12.5. The Morgan fingerprint density at radius 3 is 2.90 bits per heavy atom. The third-order valence-corrected chi connectivity index (χ3v) is 4.74. The average Bonchev–Trinajstić information content (AvgIpc) is 3.14. The van der Waals surface area contributed by atoms with Crippen LogP contribution in [0.1, 0.15) is 29.8 Å². The number of aromatic nitrogens is 1. The van der Waals surface area contributed by atoms with E-state index in [1.807, 2.05) is 11.3 Å². The zero-order valence-electron chi connectivity index (χ0n) is 11.7. The molecule has 1 unspecified atom stereocenters. The van der Waals surface area contributed by atoms with Crippen LogP contribution in [-0.4, -0.2) is 11.5 Å². The Morgan fingerprint density at radius 2 is 2.10 bits per heavy atom. The maximum Gasteiger partial charge on any atom is 0.0456 e. The quantitative estimate of drug-likeness (QED) is 0.684. The third kappa shape index (κ3) is 2.79. The highest BCUT2D eigenvalue weighted by Crippen LogP contribution is 2.22. The van der Waals surface area contributed by atoms with Crippen LogP contribution in [0.15, 0.2) is 48.0 Å². The van der Waals surface area contributed by atoms with Gasteiger partial charge in [0.15, 0.2) is 0 Å². The van der Waals surface area contributed by atoms with E-state index in [0.717, 1.165) is 19.4 Å². The summed E-state index contributed by atoms with van der Waals surface area (Å²) in [6, 6.07) is 13.3. The molecule has 0 spiro atoms. The Balaban J connectivity index is 1.62. The highest BCUT2D eigenvalue weighted by Gasteiger charge is 2.09. The molecule has 1 aromatic carbocycles. The summed E-state index contributed by atoms with van der Waals surface area (Å²) in [5.41, 5.74) is 2.63. The molecule has 3 heteroatoms. The minimum atomic E-state index is 0.486. The van der Waals surface area contributed by atoms with Gasteiger partial charge in [0.1, 0.15) is 0 Å². The van der Waals surface area contributed by atoms with Crippen LogP contribution in [0.5, 0.6) is 0 Å². The predicted octanol–water partition coefficient (Wildman–Crippen LogP) is 4.51. The zero-order chi connectivity index (χ0) is 13.8. The van der Waals surface area contributed by atoms with Crippen molar-refractivity contribution < 1.29 is 0 Å². The number of thiophene rings is 1. The van der Waals surface area contributed by atoms with Gasteiger partial charge in [-0.3, -0.25) is 0 Å². The van der Waals surface area contributed by atoms with Crippen molar-refractivity contribution in [2.45, 2.75) is 25.8 Å². The van der Waals surface area contributed by atoms with Crippen molar-refractivity contribution in [3.8, 4) is 0 Å². The minimum Gasteiger partial charge on any atom is -0.361 e. The first kappa shape index (κ1) is 13.4. The molecule has 0 aliphatic carbocycles. The van der Waals surface area contributed by atoms with Gasteiger partial charge in [-0.25, -0.2) is 0 Å². The lowest BCUT2D eigenvalue weighted by atomic mass is 10.1. The molecule has 2 N–H and O–H groups in total. The molecule has 0 aliphatic rings.